The fraction of sp³-hybridized carbons (Fsp3) is 0. The lowest BCUT2D eigenvalue weighted by Gasteiger charge is -2.07. The number of benzene rings is 1. The van der Waals surface area contributed by atoms with E-state index in [9.17, 15) is 14.0 Å². The fourth-order valence-corrected chi connectivity index (χ4v) is 1.57. The SMILES string of the molecule is NC(=O)Nc1cccc(NC(=O)c2cccnc2F)c1. The van der Waals surface area contributed by atoms with E-state index in [-0.39, 0.29) is 5.56 Å². The molecule has 1 aromatic heterocycles. The van der Waals surface area contributed by atoms with Crippen LogP contribution in [0, 0.1) is 5.95 Å². The van der Waals surface area contributed by atoms with Crippen molar-refractivity contribution in [3.05, 3.63) is 54.1 Å². The molecule has 0 atom stereocenters. The summed E-state index contributed by atoms with van der Waals surface area (Å²) in [6, 6.07) is 8.37. The topological polar surface area (TPSA) is 97.1 Å². The Hall–Kier alpha value is -2.96. The Labute approximate surface area is 113 Å². The molecule has 0 aliphatic heterocycles. The van der Waals surface area contributed by atoms with Gasteiger partial charge in [-0.1, -0.05) is 6.07 Å². The number of rotatable bonds is 3. The second-order valence-electron chi connectivity index (χ2n) is 3.87. The number of hydrogen-bond acceptors (Lipinski definition) is 3. The van der Waals surface area contributed by atoms with E-state index in [1.165, 1.54) is 24.4 Å². The van der Waals surface area contributed by atoms with E-state index in [1.54, 1.807) is 18.2 Å². The lowest BCUT2D eigenvalue weighted by Crippen LogP contribution is -2.19. The maximum absolute atomic E-state index is 13.3. The second-order valence-corrected chi connectivity index (χ2v) is 3.87. The highest BCUT2D eigenvalue weighted by atomic mass is 19.1. The smallest absolute Gasteiger partial charge is 0.316 e. The largest absolute Gasteiger partial charge is 0.351 e. The zero-order valence-electron chi connectivity index (χ0n) is 10.3. The fourth-order valence-electron chi connectivity index (χ4n) is 1.57. The quantitative estimate of drug-likeness (QED) is 0.746. The van der Waals surface area contributed by atoms with Crippen molar-refractivity contribution in [2.24, 2.45) is 5.73 Å². The number of pyridine rings is 1. The summed E-state index contributed by atoms with van der Waals surface area (Å²) in [6.07, 6.45) is 1.25. The predicted octanol–water partition coefficient (Wildman–Crippen LogP) is 1.96. The first-order valence-corrected chi connectivity index (χ1v) is 5.64. The van der Waals surface area contributed by atoms with Crippen LogP contribution in [-0.2, 0) is 0 Å². The molecular formula is C13H11FN4O2. The van der Waals surface area contributed by atoms with Gasteiger partial charge in [0.1, 0.15) is 0 Å². The molecule has 1 aromatic carbocycles. The van der Waals surface area contributed by atoms with Crippen LogP contribution in [0.1, 0.15) is 10.4 Å². The van der Waals surface area contributed by atoms with Crippen molar-refractivity contribution in [2.45, 2.75) is 0 Å². The number of primary amides is 1. The van der Waals surface area contributed by atoms with E-state index in [0.29, 0.717) is 11.4 Å². The number of nitrogens with zero attached hydrogens (tertiary/aromatic N) is 1. The van der Waals surface area contributed by atoms with Crippen LogP contribution in [0.15, 0.2) is 42.6 Å². The summed E-state index contributed by atoms with van der Waals surface area (Å²) in [6.45, 7) is 0. The Bertz CT molecular complexity index is 660. The van der Waals surface area contributed by atoms with Crippen molar-refractivity contribution < 1.29 is 14.0 Å². The van der Waals surface area contributed by atoms with Gasteiger partial charge in [0.05, 0.1) is 5.56 Å². The van der Waals surface area contributed by atoms with Gasteiger partial charge in [-0.15, -0.1) is 0 Å². The van der Waals surface area contributed by atoms with E-state index >= 15 is 0 Å². The van der Waals surface area contributed by atoms with Gasteiger partial charge >= 0.3 is 6.03 Å². The molecule has 1 heterocycles. The summed E-state index contributed by atoms with van der Waals surface area (Å²) in [4.78, 5) is 26.0. The molecular weight excluding hydrogens is 263 g/mol. The average Bonchev–Trinajstić information content (AvgIpc) is 2.38. The number of anilines is 2. The minimum atomic E-state index is -0.851. The lowest BCUT2D eigenvalue weighted by molar-refractivity contribution is 0.102. The molecule has 2 aromatic rings. The minimum Gasteiger partial charge on any atom is -0.351 e. The van der Waals surface area contributed by atoms with Gasteiger partial charge in [0.25, 0.3) is 5.91 Å². The lowest BCUT2D eigenvalue weighted by atomic mass is 10.2. The first-order chi connectivity index (χ1) is 9.56. The van der Waals surface area contributed by atoms with Crippen LogP contribution < -0.4 is 16.4 Å². The van der Waals surface area contributed by atoms with Crippen molar-refractivity contribution >= 4 is 23.3 Å². The van der Waals surface area contributed by atoms with E-state index in [4.69, 9.17) is 5.73 Å². The van der Waals surface area contributed by atoms with Gasteiger partial charge in [0, 0.05) is 17.6 Å². The van der Waals surface area contributed by atoms with Crippen LogP contribution in [0.5, 0.6) is 0 Å². The van der Waals surface area contributed by atoms with Crippen molar-refractivity contribution in [3.63, 3.8) is 0 Å². The van der Waals surface area contributed by atoms with Gasteiger partial charge in [-0.25, -0.2) is 9.78 Å². The molecule has 0 saturated carbocycles. The van der Waals surface area contributed by atoms with Crippen molar-refractivity contribution in [2.75, 3.05) is 10.6 Å². The molecule has 7 heteroatoms. The van der Waals surface area contributed by atoms with Crippen molar-refractivity contribution in [1.82, 2.24) is 4.98 Å². The van der Waals surface area contributed by atoms with E-state index in [0.717, 1.165) is 0 Å². The van der Waals surface area contributed by atoms with Gasteiger partial charge in [-0.3, -0.25) is 4.79 Å². The van der Waals surface area contributed by atoms with Crippen LogP contribution in [0.3, 0.4) is 0 Å². The molecule has 0 aliphatic rings. The van der Waals surface area contributed by atoms with E-state index in [1.807, 2.05) is 0 Å². The Morgan fingerprint density at radius 3 is 2.45 bits per heavy atom. The molecule has 0 radical (unpaired) electrons. The van der Waals surface area contributed by atoms with E-state index < -0.39 is 17.9 Å². The third kappa shape index (κ3) is 3.29. The normalized spacial score (nSPS) is 9.85. The molecule has 3 amide bonds. The minimum absolute atomic E-state index is 0.166. The molecule has 0 unspecified atom stereocenters. The molecule has 0 spiro atoms. The highest BCUT2D eigenvalue weighted by Crippen LogP contribution is 2.16. The van der Waals surface area contributed by atoms with Crippen molar-refractivity contribution in [1.29, 1.82) is 0 Å². The third-order valence-corrected chi connectivity index (χ3v) is 2.39. The highest BCUT2D eigenvalue weighted by molar-refractivity contribution is 6.04. The standard InChI is InChI=1S/C13H11FN4O2/c14-11-10(5-2-6-16-11)12(19)17-8-3-1-4-9(7-8)18-13(15)20/h1-7H,(H,17,19)(H3,15,18,20). The van der Waals surface area contributed by atoms with Crippen LogP contribution in [0.2, 0.25) is 0 Å². The Morgan fingerprint density at radius 1 is 1.10 bits per heavy atom. The number of urea groups is 1. The first kappa shape index (κ1) is 13.5. The van der Waals surface area contributed by atoms with Crippen molar-refractivity contribution in [3.8, 4) is 0 Å². The summed E-state index contributed by atoms with van der Waals surface area (Å²) in [7, 11) is 0. The number of carbonyl (C=O) groups is 2. The number of carbonyl (C=O) groups excluding carboxylic acids is 2. The van der Waals surface area contributed by atoms with Gasteiger partial charge in [0.15, 0.2) is 0 Å². The number of hydrogen-bond donors (Lipinski definition) is 3. The molecule has 0 saturated heterocycles. The van der Waals surface area contributed by atoms with Gasteiger partial charge in [-0.05, 0) is 30.3 Å². The first-order valence-electron chi connectivity index (χ1n) is 5.64. The van der Waals surface area contributed by atoms with Gasteiger partial charge in [-0.2, -0.15) is 4.39 Å². The summed E-state index contributed by atoms with van der Waals surface area (Å²) < 4.78 is 13.3. The summed E-state index contributed by atoms with van der Waals surface area (Å²) >= 11 is 0. The third-order valence-electron chi connectivity index (χ3n) is 2.39. The molecule has 6 nitrogen and oxygen atoms in total. The Morgan fingerprint density at radius 2 is 1.80 bits per heavy atom. The Balaban J connectivity index is 2.16. The maximum Gasteiger partial charge on any atom is 0.316 e. The number of nitrogens with one attached hydrogen (secondary N) is 2. The predicted molar refractivity (Wildman–Crippen MR) is 71.8 cm³/mol. The summed E-state index contributed by atoms with van der Waals surface area (Å²) in [5.74, 6) is -1.48. The number of amides is 3. The maximum atomic E-state index is 13.3. The Kier molecular flexibility index (Phi) is 3.90. The highest BCUT2D eigenvalue weighted by Gasteiger charge is 2.12. The van der Waals surface area contributed by atoms with E-state index in [2.05, 4.69) is 15.6 Å². The monoisotopic (exact) mass is 274 g/mol. The molecule has 0 aliphatic carbocycles. The average molecular weight is 274 g/mol. The molecule has 20 heavy (non-hydrogen) atoms. The molecule has 0 fully saturated rings. The number of halogens is 1. The summed E-state index contributed by atoms with van der Waals surface area (Å²) in [5, 5.41) is 4.87. The molecule has 102 valence electrons. The number of nitrogens with two attached hydrogens (primary N) is 1. The van der Waals surface area contributed by atoms with Gasteiger partial charge in [0.2, 0.25) is 5.95 Å². The van der Waals surface area contributed by atoms with Crippen LogP contribution in [0.4, 0.5) is 20.6 Å². The number of aromatic nitrogens is 1. The molecule has 4 N–H and O–H groups in total. The van der Waals surface area contributed by atoms with Crippen LogP contribution in [-0.4, -0.2) is 16.9 Å². The second kappa shape index (κ2) is 5.79. The zero-order chi connectivity index (χ0) is 14.5. The van der Waals surface area contributed by atoms with Gasteiger partial charge < -0.3 is 16.4 Å². The van der Waals surface area contributed by atoms with Crippen LogP contribution >= 0.6 is 0 Å². The molecule has 2 rings (SSSR count). The van der Waals surface area contributed by atoms with Crippen LogP contribution in [0.25, 0.3) is 0 Å². The molecule has 0 bridgehead atoms. The zero-order valence-corrected chi connectivity index (χ0v) is 10.3. The summed E-state index contributed by atoms with van der Waals surface area (Å²) in [5.41, 5.74) is 5.64.